The number of carbonyl (C=O) groups excluding carboxylic acids is 1. The Balaban J connectivity index is 2.89. The molecule has 2 N–H and O–H groups in total. The topological polar surface area (TPSA) is 56.0 Å². The molecule has 0 amide bonds. The minimum atomic E-state index is -0.637. The predicted molar refractivity (Wildman–Crippen MR) is 46.9 cm³/mol. The SMILES string of the molecule is CC(=O)C(N)c1ccc(Cl)cn1. The van der Waals surface area contributed by atoms with Gasteiger partial charge in [-0.25, -0.2) is 0 Å². The number of nitrogens with two attached hydrogens (primary N) is 1. The average Bonchev–Trinajstić information content (AvgIpc) is 2.04. The summed E-state index contributed by atoms with van der Waals surface area (Å²) in [4.78, 5) is 14.8. The summed E-state index contributed by atoms with van der Waals surface area (Å²) in [6.45, 7) is 1.43. The number of rotatable bonds is 2. The molecule has 0 aliphatic rings. The lowest BCUT2D eigenvalue weighted by molar-refractivity contribution is -0.118. The van der Waals surface area contributed by atoms with Gasteiger partial charge in [-0.2, -0.15) is 0 Å². The Morgan fingerprint density at radius 2 is 2.33 bits per heavy atom. The van der Waals surface area contributed by atoms with E-state index in [9.17, 15) is 4.79 Å². The zero-order chi connectivity index (χ0) is 9.14. The molecule has 0 saturated carbocycles. The van der Waals surface area contributed by atoms with Crippen LogP contribution in [-0.2, 0) is 4.79 Å². The molecule has 3 nitrogen and oxygen atoms in total. The number of hydrogen-bond acceptors (Lipinski definition) is 3. The molecule has 0 saturated heterocycles. The van der Waals surface area contributed by atoms with Crippen LogP contribution in [0.3, 0.4) is 0 Å². The van der Waals surface area contributed by atoms with Gasteiger partial charge in [-0.3, -0.25) is 9.78 Å². The van der Waals surface area contributed by atoms with Crippen LogP contribution in [0.5, 0.6) is 0 Å². The van der Waals surface area contributed by atoms with Crippen molar-refractivity contribution < 1.29 is 4.79 Å². The van der Waals surface area contributed by atoms with Crippen LogP contribution in [0.15, 0.2) is 18.3 Å². The molecule has 0 radical (unpaired) electrons. The minimum absolute atomic E-state index is 0.107. The fourth-order valence-electron chi connectivity index (χ4n) is 0.779. The molecule has 1 heterocycles. The number of aromatic nitrogens is 1. The van der Waals surface area contributed by atoms with Crippen LogP contribution < -0.4 is 5.73 Å². The summed E-state index contributed by atoms with van der Waals surface area (Å²) < 4.78 is 0. The van der Waals surface area contributed by atoms with E-state index in [0.29, 0.717) is 10.7 Å². The molecule has 0 fully saturated rings. The van der Waals surface area contributed by atoms with Crippen molar-refractivity contribution in [3.8, 4) is 0 Å². The van der Waals surface area contributed by atoms with Gasteiger partial charge in [0, 0.05) is 6.20 Å². The lowest BCUT2D eigenvalue weighted by atomic mass is 10.1. The first-order valence-electron chi connectivity index (χ1n) is 3.48. The van der Waals surface area contributed by atoms with Crippen molar-refractivity contribution in [3.63, 3.8) is 0 Å². The second kappa shape index (κ2) is 3.65. The summed E-state index contributed by atoms with van der Waals surface area (Å²) in [7, 11) is 0. The van der Waals surface area contributed by atoms with Crippen LogP contribution in [0.1, 0.15) is 18.7 Å². The molecule has 0 aliphatic heterocycles. The summed E-state index contributed by atoms with van der Waals surface area (Å²) in [6, 6.07) is 2.67. The van der Waals surface area contributed by atoms with E-state index in [1.807, 2.05) is 0 Å². The van der Waals surface area contributed by atoms with Crippen molar-refractivity contribution in [2.24, 2.45) is 5.73 Å². The highest BCUT2D eigenvalue weighted by Crippen LogP contribution is 2.11. The number of carbonyl (C=O) groups is 1. The van der Waals surface area contributed by atoms with E-state index < -0.39 is 6.04 Å². The van der Waals surface area contributed by atoms with Crippen molar-refractivity contribution in [1.29, 1.82) is 0 Å². The fraction of sp³-hybridized carbons (Fsp3) is 0.250. The summed E-state index contributed by atoms with van der Waals surface area (Å²) >= 11 is 5.61. The van der Waals surface area contributed by atoms with Crippen molar-refractivity contribution in [3.05, 3.63) is 29.0 Å². The molecular formula is C8H9ClN2O. The number of hydrogen-bond donors (Lipinski definition) is 1. The summed E-state index contributed by atoms with van der Waals surface area (Å²) in [5.41, 5.74) is 6.08. The lowest BCUT2D eigenvalue weighted by Gasteiger charge is -2.05. The Morgan fingerprint density at radius 3 is 2.75 bits per heavy atom. The maximum Gasteiger partial charge on any atom is 0.152 e. The van der Waals surface area contributed by atoms with Crippen LogP contribution in [-0.4, -0.2) is 10.8 Å². The molecule has 0 aromatic carbocycles. The number of pyridine rings is 1. The Morgan fingerprint density at radius 1 is 1.67 bits per heavy atom. The highest BCUT2D eigenvalue weighted by Gasteiger charge is 2.11. The number of halogens is 1. The normalized spacial score (nSPS) is 12.6. The minimum Gasteiger partial charge on any atom is -0.317 e. The molecular weight excluding hydrogens is 176 g/mol. The lowest BCUT2D eigenvalue weighted by Crippen LogP contribution is -2.19. The third kappa shape index (κ3) is 2.03. The van der Waals surface area contributed by atoms with Crippen LogP contribution in [0.4, 0.5) is 0 Å². The third-order valence-corrected chi connectivity index (χ3v) is 1.73. The van der Waals surface area contributed by atoms with Crippen molar-refractivity contribution in [2.45, 2.75) is 13.0 Å². The van der Waals surface area contributed by atoms with E-state index >= 15 is 0 Å². The van der Waals surface area contributed by atoms with E-state index in [-0.39, 0.29) is 5.78 Å². The van der Waals surface area contributed by atoms with Crippen molar-refractivity contribution >= 4 is 17.4 Å². The summed E-state index contributed by atoms with van der Waals surface area (Å²) in [6.07, 6.45) is 1.47. The first-order chi connectivity index (χ1) is 5.61. The van der Waals surface area contributed by atoms with Gasteiger partial charge in [0.2, 0.25) is 0 Å². The molecule has 12 heavy (non-hydrogen) atoms. The van der Waals surface area contributed by atoms with Crippen LogP contribution in [0, 0.1) is 0 Å². The van der Waals surface area contributed by atoms with Crippen molar-refractivity contribution in [1.82, 2.24) is 4.98 Å². The van der Waals surface area contributed by atoms with E-state index in [1.165, 1.54) is 13.1 Å². The van der Waals surface area contributed by atoms with Gasteiger partial charge in [-0.1, -0.05) is 11.6 Å². The molecule has 64 valence electrons. The molecule has 1 aromatic rings. The molecule has 1 atom stereocenters. The maximum atomic E-state index is 10.8. The molecule has 1 aromatic heterocycles. The van der Waals surface area contributed by atoms with Crippen LogP contribution in [0.25, 0.3) is 0 Å². The van der Waals surface area contributed by atoms with Gasteiger partial charge in [0.15, 0.2) is 5.78 Å². The van der Waals surface area contributed by atoms with E-state index in [2.05, 4.69) is 4.98 Å². The molecule has 1 unspecified atom stereocenters. The summed E-state index contributed by atoms with van der Waals surface area (Å²) in [5, 5.41) is 0.537. The van der Waals surface area contributed by atoms with Gasteiger partial charge in [0.25, 0.3) is 0 Å². The Labute approximate surface area is 75.6 Å². The van der Waals surface area contributed by atoms with Gasteiger partial charge in [-0.15, -0.1) is 0 Å². The average molecular weight is 185 g/mol. The van der Waals surface area contributed by atoms with Gasteiger partial charge in [-0.05, 0) is 19.1 Å². The zero-order valence-corrected chi connectivity index (χ0v) is 7.38. The number of nitrogens with zero attached hydrogens (tertiary/aromatic N) is 1. The standard InChI is InChI=1S/C8H9ClN2O/c1-5(12)8(10)7-3-2-6(9)4-11-7/h2-4,8H,10H2,1H3. The molecule has 0 aliphatic carbocycles. The van der Waals surface area contributed by atoms with Crippen LogP contribution >= 0.6 is 11.6 Å². The highest BCUT2D eigenvalue weighted by atomic mass is 35.5. The van der Waals surface area contributed by atoms with Gasteiger partial charge < -0.3 is 5.73 Å². The van der Waals surface area contributed by atoms with Gasteiger partial charge in [0.1, 0.15) is 6.04 Å². The smallest absolute Gasteiger partial charge is 0.152 e. The number of ketones is 1. The van der Waals surface area contributed by atoms with E-state index in [4.69, 9.17) is 17.3 Å². The first kappa shape index (κ1) is 9.16. The second-order valence-corrected chi connectivity index (χ2v) is 2.93. The Bertz CT molecular complexity index is 284. The fourth-order valence-corrected chi connectivity index (χ4v) is 0.891. The highest BCUT2D eigenvalue weighted by molar-refractivity contribution is 6.30. The quantitative estimate of drug-likeness (QED) is 0.755. The maximum absolute atomic E-state index is 10.8. The van der Waals surface area contributed by atoms with Crippen molar-refractivity contribution in [2.75, 3.05) is 0 Å². The molecule has 1 rings (SSSR count). The third-order valence-electron chi connectivity index (χ3n) is 1.51. The predicted octanol–water partition coefficient (Wildman–Crippen LogP) is 1.32. The molecule has 0 bridgehead atoms. The van der Waals surface area contributed by atoms with Crippen LogP contribution in [0.2, 0.25) is 5.02 Å². The molecule has 0 spiro atoms. The summed E-state index contributed by atoms with van der Waals surface area (Å²) in [5.74, 6) is -0.107. The monoisotopic (exact) mass is 184 g/mol. The van der Waals surface area contributed by atoms with Gasteiger partial charge in [0.05, 0.1) is 10.7 Å². The second-order valence-electron chi connectivity index (χ2n) is 2.49. The van der Waals surface area contributed by atoms with E-state index in [1.54, 1.807) is 12.1 Å². The van der Waals surface area contributed by atoms with E-state index in [0.717, 1.165) is 0 Å². The zero-order valence-electron chi connectivity index (χ0n) is 6.62. The first-order valence-corrected chi connectivity index (χ1v) is 3.86. The number of Topliss-reactive ketones (excluding diaryl/α,β-unsaturated/α-hetero) is 1. The largest absolute Gasteiger partial charge is 0.317 e. The Hall–Kier alpha value is -0.930. The Kier molecular flexibility index (Phi) is 2.78. The van der Waals surface area contributed by atoms with Gasteiger partial charge >= 0.3 is 0 Å². The molecule has 4 heteroatoms.